The third-order valence-corrected chi connectivity index (χ3v) is 4.81. The van der Waals surface area contributed by atoms with E-state index in [9.17, 15) is 4.79 Å². The molecule has 120 valence electrons. The Morgan fingerprint density at radius 1 is 0.958 bits per heavy atom. The van der Waals surface area contributed by atoms with Gasteiger partial charge in [-0.3, -0.25) is 4.79 Å². The summed E-state index contributed by atoms with van der Waals surface area (Å²) in [6, 6.07) is 23.4. The normalized spacial score (nSPS) is 10.4. The molecule has 3 rings (SSSR count). The summed E-state index contributed by atoms with van der Waals surface area (Å²) < 4.78 is 0.832. The Morgan fingerprint density at radius 3 is 2.42 bits per heavy atom. The van der Waals surface area contributed by atoms with Crippen molar-refractivity contribution < 1.29 is 4.79 Å². The van der Waals surface area contributed by atoms with Gasteiger partial charge in [-0.25, -0.2) is 0 Å². The first-order valence-electron chi connectivity index (χ1n) is 7.52. The molecule has 0 aliphatic heterocycles. The lowest BCUT2D eigenvalue weighted by Gasteiger charge is -2.12. The Hall–Kier alpha value is -1.85. The number of benzene rings is 3. The molecule has 2 nitrogen and oxygen atoms in total. The standard InChI is InChI=1S/C20H15ClINO/c21-16-10-11-17(18(22)13-16)20(24)23-19-9-5-4-8-15(19)12-14-6-2-1-3-7-14/h1-11,13H,12H2,(H,23,24). The maximum absolute atomic E-state index is 12.6. The Balaban J connectivity index is 1.84. The summed E-state index contributed by atoms with van der Waals surface area (Å²) in [4.78, 5) is 12.6. The maximum Gasteiger partial charge on any atom is 0.256 e. The first kappa shape index (κ1) is 17.0. The van der Waals surface area contributed by atoms with Gasteiger partial charge in [0.1, 0.15) is 0 Å². The fourth-order valence-corrected chi connectivity index (χ4v) is 3.59. The van der Waals surface area contributed by atoms with Crippen LogP contribution >= 0.6 is 34.2 Å². The van der Waals surface area contributed by atoms with Crippen molar-refractivity contribution in [1.29, 1.82) is 0 Å². The number of halogens is 2. The molecular weight excluding hydrogens is 433 g/mol. The van der Waals surface area contributed by atoms with Gasteiger partial charge in [0.15, 0.2) is 0 Å². The van der Waals surface area contributed by atoms with Gasteiger partial charge >= 0.3 is 0 Å². The maximum atomic E-state index is 12.6. The number of para-hydroxylation sites is 1. The van der Waals surface area contributed by atoms with Crippen molar-refractivity contribution in [1.82, 2.24) is 0 Å². The lowest BCUT2D eigenvalue weighted by molar-refractivity contribution is 0.102. The van der Waals surface area contributed by atoms with E-state index in [1.807, 2.05) is 42.5 Å². The fourth-order valence-electron chi connectivity index (χ4n) is 2.48. The number of hydrogen-bond donors (Lipinski definition) is 1. The molecule has 24 heavy (non-hydrogen) atoms. The lowest BCUT2D eigenvalue weighted by atomic mass is 10.0. The van der Waals surface area contributed by atoms with E-state index in [1.54, 1.807) is 18.2 Å². The second-order valence-corrected chi connectivity index (χ2v) is 7.00. The molecule has 3 aromatic rings. The Labute approximate surface area is 160 Å². The smallest absolute Gasteiger partial charge is 0.256 e. The number of nitrogens with one attached hydrogen (secondary N) is 1. The summed E-state index contributed by atoms with van der Waals surface area (Å²) in [5.41, 5.74) is 3.74. The van der Waals surface area contributed by atoms with Crippen molar-refractivity contribution in [2.45, 2.75) is 6.42 Å². The molecule has 1 N–H and O–H groups in total. The fraction of sp³-hybridized carbons (Fsp3) is 0.0500. The summed E-state index contributed by atoms with van der Waals surface area (Å²) >= 11 is 8.09. The zero-order valence-corrected chi connectivity index (χ0v) is 15.7. The first-order chi connectivity index (χ1) is 11.6. The van der Waals surface area contributed by atoms with Crippen molar-refractivity contribution in [3.8, 4) is 0 Å². The highest BCUT2D eigenvalue weighted by Gasteiger charge is 2.12. The van der Waals surface area contributed by atoms with E-state index in [0.29, 0.717) is 10.6 Å². The monoisotopic (exact) mass is 447 g/mol. The van der Waals surface area contributed by atoms with E-state index in [4.69, 9.17) is 11.6 Å². The van der Waals surface area contributed by atoms with Crippen LogP contribution < -0.4 is 5.32 Å². The minimum atomic E-state index is -0.128. The average molecular weight is 448 g/mol. The molecule has 0 heterocycles. The van der Waals surface area contributed by atoms with Crippen LogP contribution in [-0.2, 0) is 6.42 Å². The summed E-state index contributed by atoms with van der Waals surface area (Å²) in [5, 5.41) is 3.65. The highest BCUT2D eigenvalue weighted by Crippen LogP contribution is 2.22. The highest BCUT2D eigenvalue weighted by atomic mass is 127. The van der Waals surface area contributed by atoms with Crippen LogP contribution in [0.5, 0.6) is 0 Å². The second kappa shape index (κ2) is 7.81. The molecule has 0 saturated carbocycles. The molecular formula is C20H15ClINO. The van der Waals surface area contributed by atoms with E-state index in [2.05, 4.69) is 40.0 Å². The van der Waals surface area contributed by atoms with Crippen molar-refractivity contribution in [3.63, 3.8) is 0 Å². The summed E-state index contributed by atoms with van der Waals surface area (Å²) in [6.07, 6.45) is 0.773. The van der Waals surface area contributed by atoms with Crippen LogP contribution in [0.3, 0.4) is 0 Å². The molecule has 0 fully saturated rings. The van der Waals surface area contributed by atoms with Gasteiger partial charge in [0, 0.05) is 14.3 Å². The van der Waals surface area contributed by atoms with Gasteiger partial charge in [0.05, 0.1) is 5.56 Å². The van der Waals surface area contributed by atoms with Gasteiger partial charge in [-0.2, -0.15) is 0 Å². The number of rotatable bonds is 4. The Kier molecular flexibility index (Phi) is 5.53. The van der Waals surface area contributed by atoms with Crippen LogP contribution in [0.4, 0.5) is 5.69 Å². The van der Waals surface area contributed by atoms with Crippen LogP contribution in [0.25, 0.3) is 0 Å². The van der Waals surface area contributed by atoms with Crippen molar-refractivity contribution in [3.05, 3.63) is 98.1 Å². The van der Waals surface area contributed by atoms with Crippen LogP contribution in [0, 0.1) is 3.57 Å². The topological polar surface area (TPSA) is 29.1 Å². The molecule has 0 radical (unpaired) electrons. The lowest BCUT2D eigenvalue weighted by Crippen LogP contribution is -2.14. The molecule has 1 amide bonds. The largest absolute Gasteiger partial charge is 0.322 e. The zero-order chi connectivity index (χ0) is 16.9. The molecule has 0 saturated heterocycles. The average Bonchev–Trinajstić information content (AvgIpc) is 2.57. The van der Waals surface area contributed by atoms with Gasteiger partial charge in [0.2, 0.25) is 0 Å². The van der Waals surface area contributed by atoms with Gasteiger partial charge in [-0.15, -0.1) is 0 Å². The predicted molar refractivity (Wildman–Crippen MR) is 108 cm³/mol. The van der Waals surface area contributed by atoms with Crippen LogP contribution in [-0.4, -0.2) is 5.91 Å². The van der Waals surface area contributed by atoms with Crippen LogP contribution in [0.1, 0.15) is 21.5 Å². The van der Waals surface area contributed by atoms with Crippen molar-refractivity contribution >= 4 is 45.8 Å². The predicted octanol–water partition coefficient (Wildman–Crippen LogP) is 5.79. The number of anilines is 1. The van der Waals surface area contributed by atoms with E-state index < -0.39 is 0 Å². The summed E-state index contributed by atoms with van der Waals surface area (Å²) in [5.74, 6) is -0.128. The first-order valence-corrected chi connectivity index (χ1v) is 8.97. The van der Waals surface area contributed by atoms with E-state index in [0.717, 1.165) is 21.2 Å². The van der Waals surface area contributed by atoms with Crippen LogP contribution in [0.2, 0.25) is 5.02 Å². The van der Waals surface area contributed by atoms with Crippen LogP contribution in [0.15, 0.2) is 72.8 Å². The molecule has 0 aliphatic rings. The molecule has 0 spiro atoms. The summed E-state index contributed by atoms with van der Waals surface area (Å²) in [7, 11) is 0. The van der Waals surface area contributed by atoms with Gasteiger partial charge < -0.3 is 5.32 Å². The summed E-state index contributed by atoms with van der Waals surface area (Å²) in [6.45, 7) is 0. The molecule has 4 heteroatoms. The quantitative estimate of drug-likeness (QED) is 0.504. The molecule has 0 aromatic heterocycles. The number of carbonyl (C=O) groups is 1. The number of carbonyl (C=O) groups excluding carboxylic acids is 1. The van der Waals surface area contributed by atoms with Gasteiger partial charge in [0.25, 0.3) is 5.91 Å². The third-order valence-electron chi connectivity index (χ3n) is 3.68. The molecule has 0 atom stereocenters. The highest BCUT2D eigenvalue weighted by molar-refractivity contribution is 14.1. The number of amides is 1. The number of hydrogen-bond acceptors (Lipinski definition) is 1. The van der Waals surface area contributed by atoms with E-state index in [1.165, 1.54) is 5.56 Å². The molecule has 0 bridgehead atoms. The van der Waals surface area contributed by atoms with E-state index >= 15 is 0 Å². The molecule has 0 unspecified atom stereocenters. The van der Waals surface area contributed by atoms with Gasteiger partial charge in [-0.1, -0.05) is 60.1 Å². The minimum absolute atomic E-state index is 0.128. The third kappa shape index (κ3) is 4.16. The van der Waals surface area contributed by atoms with Crippen molar-refractivity contribution in [2.75, 3.05) is 5.32 Å². The Morgan fingerprint density at radius 2 is 1.67 bits per heavy atom. The zero-order valence-electron chi connectivity index (χ0n) is 12.8. The molecule has 0 aliphatic carbocycles. The van der Waals surface area contributed by atoms with Crippen molar-refractivity contribution in [2.24, 2.45) is 0 Å². The second-order valence-electron chi connectivity index (χ2n) is 5.40. The SMILES string of the molecule is O=C(Nc1ccccc1Cc1ccccc1)c1ccc(Cl)cc1I. The van der Waals surface area contributed by atoms with Gasteiger partial charge in [-0.05, 0) is 64.4 Å². The Bertz CT molecular complexity index is 865. The van der Waals surface area contributed by atoms with E-state index in [-0.39, 0.29) is 5.91 Å². The minimum Gasteiger partial charge on any atom is -0.322 e. The molecule has 3 aromatic carbocycles.